The van der Waals surface area contributed by atoms with Crippen LogP contribution in [0.2, 0.25) is 0 Å². The van der Waals surface area contributed by atoms with Crippen molar-refractivity contribution in [3.05, 3.63) is 29.8 Å². The Labute approximate surface area is 170 Å². The minimum Gasteiger partial charge on any atom is -0.352 e. The summed E-state index contributed by atoms with van der Waals surface area (Å²) in [4.78, 5) is 7.19. The van der Waals surface area contributed by atoms with E-state index in [2.05, 4.69) is 15.2 Å². The Morgan fingerprint density at radius 3 is 2.25 bits per heavy atom. The van der Waals surface area contributed by atoms with Gasteiger partial charge in [-0.05, 0) is 56.2 Å². The van der Waals surface area contributed by atoms with E-state index in [9.17, 15) is 8.42 Å². The van der Waals surface area contributed by atoms with Crippen LogP contribution in [0.3, 0.4) is 0 Å². The number of sulfonamides is 1. The minimum atomic E-state index is -3.44. The molecule has 0 spiro atoms. The van der Waals surface area contributed by atoms with Crippen LogP contribution < -0.4 is 5.32 Å². The average Bonchev–Trinajstić information content (AvgIpc) is 3.12. The van der Waals surface area contributed by atoms with E-state index in [1.165, 1.54) is 30.0 Å². The molecule has 0 bridgehead atoms. The number of rotatable bonds is 5. The third-order valence-corrected chi connectivity index (χ3v) is 8.31. The second-order valence-corrected chi connectivity index (χ2v) is 10.4. The van der Waals surface area contributed by atoms with Gasteiger partial charge in [0.05, 0.1) is 4.90 Å². The van der Waals surface area contributed by atoms with Gasteiger partial charge >= 0.3 is 0 Å². The highest BCUT2D eigenvalue weighted by atomic mass is 32.2. The van der Waals surface area contributed by atoms with E-state index in [-0.39, 0.29) is 6.04 Å². The van der Waals surface area contributed by atoms with E-state index in [0.717, 1.165) is 36.4 Å². The number of guanidine groups is 1. The van der Waals surface area contributed by atoms with Gasteiger partial charge in [0.2, 0.25) is 10.0 Å². The zero-order valence-electron chi connectivity index (χ0n) is 17.6. The van der Waals surface area contributed by atoms with Gasteiger partial charge in [0.25, 0.3) is 0 Å². The molecule has 0 amide bonds. The zero-order valence-corrected chi connectivity index (χ0v) is 18.4. The first-order valence-electron chi connectivity index (χ1n) is 10.4. The molecule has 0 aromatic heterocycles. The van der Waals surface area contributed by atoms with Gasteiger partial charge < -0.3 is 10.2 Å². The number of likely N-dealkylation sites (tertiary alicyclic amines) is 1. The Kier molecular flexibility index (Phi) is 6.65. The van der Waals surface area contributed by atoms with Gasteiger partial charge in [0.15, 0.2) is 5.96 Å². The van der Waals surface area contributed by atoms with Gasteiger partial charge in [-0.15, -0.1) is 0 Å². The Bertz CT molecular complexity index is 775. The highest BCUT2D eigenvalue weighted by Gasteiger charge is 2.35. The molecule has 156 valence electrons. The van der Waals surface area contributed by atoms with Gasteiger partial charge in [-0.3, -0.25) is 4.99 Å². The first kappa shape index (κ1) is 21.1. The second-order valence-electron chi connectivity index (χ2n) is 8.37. The maximum atomic E-state index is 12.6. The first-order chi connectivity index (χ1) is 13.3. The fourth-order valence-corrected chi connectivity index (χ4v) is 5.68. The highest BCUT2D eigenvalue weighted by Crippen LogP contribution is 2.35. The lowest BCUT2D eigenvalue weighted by Crippen LogP contribution is -2.39. The molecule has 1 aliphatic carbocycles. The molecule has 1 N–H and O–H groups in total. The second kappa shape index (κ2) is 8.82. The third kappa shape index (κ3) is 4.51. The Balaban J connectivity index is 1.60. The van der Waals surface area contributed by atoms with Crippen LogP contribution >= 0.6 is 0 Å². The largest absolute Gasteiger partial charge is 0.352 e. The summed E-state index contributed by atoms with van der Waals surface area (Å²) in [7, 11) is 0.0179. The van der Waals surface area contributed by atoms with Crippen molar-refractivity contribution < 1.29 is 8.42 Å². The van der Waals surface area contributed by atoms with E-state index >= 15 is 0 Å². The predicted molar refractivity (Wildman–Crippen MR) is 114 cm³/mol. The number of hydrogen-bond acceptors (Lipinski definition) is 3. The Morgan fingerprint density at radius 2 is 1.75 bits per heavy atom. The summed E-state index contributed by atoms with van der Waals surface area (Å²) in [5, 5.41) is 3.45. The number of hydrogen-bond donors (Lipinski definition) is 1. The van der Waals surface area contributed by atoms with E-state index in [0.29, 0.717) is 11.4 Å². The standard InChI is InChI=1S/C21H34N4O2S/c1-16(2)24(4)28(26,27)20-11-9-17(10-12-20)13-23-21(22-3)25-14-18-7-5-6-8-19(18)15-25/h9-12,16,18-19H,5-8,13-15H2,1-4H3,(H,22,23). The van der Waals surface area contributed by atoms with Crippen LogP contribution in [0.15, 0.2) is 34.2 Å². The van der Waals surface area contributed by atoms with E-state index in [1.54, 1.807) is 19.2 Å². The van der Waals surface area contributed by atoms with Gasteiger partial charge in [-0.25, -0.2) is 8.42 Å². The number of nitrogens with zero attached hydrogens (tertiary/aromatic N) is 3. The summed E-state index contributed by atoms with van der Waals surface area (Å²) in [5.41, 5.74) is 1.05. The average molecular weight is 407 g/mol. The smallest absolute Gasteiger partial charge is 0.243 e. The lowest BCUT2D eigenvalue weighted by atomic mass is 9.82. The van der Waals surface area contributed by atoms with Gasteiger partial charge in [0.1, 0.15) is 0 Å². The predicted octanol–water partition coefficient (Wildman–Crippen LogP) is 2.91. The first-order valence-corrected chi connectivity index (χ1v) is 11.8. The number of nitrogens with one attached hydrogen (secondary N) is 1. The molecule has 1 saturated carbocycles. The molecule has 2 aliphatic rings. The van der Waals surface area contributed by atoms with Crippen LogP contribution in [0.4, 0.5) is 0 Å². The van der Waals surface area contributed by atoms with Crippen LogP contribution in [0.1, 0.15) is 45.1 Å². The van der Waals surface area contributed by atoms with Crippen molar-refractivity contribution in [3.63, 3.8) is 0 Å². The molecule has 1 aromatic carbocycles. The quantitative estimate of drug-likeness (QED) is 0.603. The summed E-state index contributed by atoms with van der Waals surface area (Å²) < 4.78 is 26.6. The summed E-state index contributed by atoms with van der Waals surface area (Å²) in [6, 6.07) is 7.08. The Hall–Kier alpha value is -1.60. The molecular weight excluding hydrogens is 372 g/mol. The summed E-state index contributed by atoms with van der Waals surface area (Å²) >= 11 is 0. The molecule has 2 fully saturated rings. The zero-order chi connectivity index (χ0) is 20.3. The van der Waals surface area contributed by atoms with Crippen molar-refractivity contribution in [2.45, 2.75) is 57.0 Å². The van der Waals surface area contributed by atoms with E-state index in [4.69, 9.17) is 0 Å². The van der Waals surface area contributed by atoms with Crippen LogP contribution in [-0.2, 0) is 16.6 Å². The number of aliphatic imine (C=N–C) groups is 1. The molecule has 7 heteroatoms. The fraction of sp³-hybridized carbons (Fsp3) is 0.667. The molecule has 1 saturated heterocycles. The summed E-state index contributed by atoms with van der Waals surface area (Å²) in [6.45, 7) is 6.58. The van der Waals surface area contributed by atoms with Crippen molar-refractivity contribution in [3.8, 4) is 0 Å². The highest BCUT2D eigenvalue weighted by molar-refractivity contribution is 7.89. The van der Waals surface area contributed by atoms with Gasteiger partial charge in [-0.1, -0.05) is 25.0 Å². The van der Waals surface area contributed by atoms with Crippen molar-refractivity contribution in [1.82, 2.24) is 14.5 Å². The van der Waals surface area contributed by atoms with Crippen molar-refractivity contribution >= 4 is 16.0 Å². The van der Waals surface area contributed by atoms with Crippen LogP contribution in [0.25, 0.3) is 0 Å². The van der Waals surface area contributed by atoms with Gasteiger partial charge in [-0.2, -0.15) is 4.31 Å². The summed E-state index contributed by atoms with van der Waals surface area (Å²) in [6.07, 6.45) is 5.42. The molecule has 28 heavy (non-hydrogen) atoms. The van der Waals surface area contributed by atoms with Crippen LogP contribution in [-0.4, -0.2) is 56.8 Å². The van der Waals surface area contributed by atoms with Crippen molar-refractivity contribution in [2.24, 2.45) is 16.8 Å². The minimum absolute atomic E-state index is 0.0705. The normalized spacial score (nSPS) is 23.4. The lowest BCUT2D eigenvalue weighted by molar-refractivity contribution is 0.299. The lowest BCUT2D eigenvalue weighted by Gasteiger charge is -2.22. The molecule has 2 atom stereocenters. The fourth-order valence-electron chi connectivity index (χ4n) is 4.32. The maximum Gasteiger partial charge on any atom is 0.243 e. The molecule has 2 unspecified atom stereocenters. The molecule has 3 rings (SSSR count). The maximum absolute atomic E-state index is 12.6. The molecular formula is C21H34N4O2S. The molecule has 0 radical (unpaired) electrons. The monoisotopic (exact) mass is 406 g/mol. The number of benzene rings is 1. The topological polar surface area (TPSA) is 65.0 Å². The third-order valence-electron chi connectivity index (χ3n) is 6.27. The van der Waals surface area contributed by atoms with E-state index in [1.807, 2.05) is 33.0 Å². The molecule has 1 heterocycles. The molecule has 1 aliphatic heterocycles. The van der Waals surface area contributed by atoms with Crippen molar-refractivity contribution in [1.29, 1.82) is 0 Å². The SMILES string of the molecule is CN=C(NCc1ccc(S(=O)(=O)N(C)C(C)C)cc1)N1CC2CCCCC2C1. The van der Waals surface area contributed by atoms with Gasteiger partial charge in [0, 0.05) is 39.8 Å². The van der Waals surface area contributed by atoms with Crippen molar-refractivity contribution in [2.75, 3.05) is 27.2 Å². The number of fused-ring (bicyclic) bond motifs is 1. The molecule has 6 nitrogen and oxygen atoms in total. The van der Waals surface area contributed by atoms with Crippen LogP contribution in [0.5, 0.6) is 0 Å². The van der Waals surface area contributed by atoms with Crippen LogP contribution in [0, 0.1) is 11.8 Å². The molecule has 1 aromatic rings. The summed E-state index contributed by atoms with van der Waals surface area (Å²) in [5.74, 6) is 2.58. The van der Waals surface area contributed by atoms with E-state index < -0.39 is 10.0 Å². The Morgan fingerprint density at radius 1 is 1.18 bits per heavy atom.